The highest BCUT2D eigenvalue weighted by molar-refractivity contribution is 5.97. The molecule has 0 spiro atoms. The van der Waals surface area contributed by atoms with Crippen LogP contribution in [0.5, 0.6) is 0 Å². The van der Waals surface area contributed by atoms with E-state index in [1.807, 2.05) is 25.7 Å². The first kappa shape index (κ1) is 18.4. The van der Waals surface area contributed by atoms with Gasteiger partial charge in [0.1, 0.15) is 17.0 Å². The number of anilines is 1. The third-order valence-electron chi connectivity index (χ3n) is 5.04. The molecule has 0 atom stereocenters. The summed E-state index contributed by atoms with van der Waals surface area (Å²) in [6.07, 6.45) is 1.32. The summed E-state index contributed by atoms with van der Waals surface area (Å²) in [4.78, 5) is 30.7. The second-order valence-corrected chi connectivity index (χ2v) is 8.24. The fourth-order valence-corrected chi connectivity index (χ4v) is 3.53. The Balaban J connectivity index is 2.04. The van der Waals surface area contributed by atoms with Gasteiger partial charge in [0.05, 0.1) is 16.6 Å². The average Bonchev–Trinajstić information content (AvgIpc) is 2.56. The summed E-state index contributed by atoms with van der Waals surface area (Å²) in [7, 11) is 0. The van der Waals surface area contributed by atoms with Crippen molar-refractivity contribution in [1.82, 2.24) is 9.55 Å². The van der Waals surface area contributed by atoms with E-state index in [4.69, 9.17) is 5.73 Å². The number of nitrogens with two attached hydrogens (primary N) is 1. The van der Waals surface area contributed by atoms with Crippen molar-refractivity contribution in [2.75, 3.05) is 18.0 Å². The number of hydrogen-bond acceptors (Lipinski definition) is 5. The van der Waals surface area contributed by atoms with Crippen molar-refractivity contribution in [2.45, 2.75) is 32.4 Å². The molecule has 0 amide bonds. The van der Waals surface area contributed by atoms with Gasteiger partial charge in [-0.15, -0.1) is 0 Å². The topological polar surface area (TPSA) is 101 Å². The highest BCUT2D eigenvalue weighted by Gasteiger charge is 2.27. The van der Waals surface area contributed by atoms with Crippen LogP contribution < -0.4 is 16.1 Å². The van der Waals surface area contributed by atoms with Gasteiger partial charge in [-0.25, -0.2) is 14.2 Å². The van der Waals surface area contributed by atoms with Gasteiger partial charge in [-0.2, -0.15) is 0 Å². The number of fused-ring (bicyclic) bond motifs is 2. The van der Waals surface area contributed by atoms with Crippen LogP contribution in [-0.4, -0.2) is 39.8 Å². The number of rotatable bonds is 2. The smallest absolute Gasteiger partial charge is 0.341 e. The molecule has 0 saturated carbocycles. The van der Waals surface area contributed by atoms with Gasteiger partial charge < -0.3 is 20.3 Å². The van der Waals surface area contributed by atoms with Crippen LogP contribution in [0.25, 0.3) is 21.9 Å². The van der Waals surface area contributed by atoms with E-state index in [1.54, 1.807) is 10.6 Å². The Morgan fingerprint density at radius 3 is 2.54 bits per heavy atom. The summed E-state index contributed by atoms with van der Waals surface area (Å²) >= 11 is 0. The van der Waals surface area contributed by atoms with Crippen molar-refractivity contribution in [3.63, 3.8) is 0 Å². The van der Waals surface area contributed by atoms with E-state index in [0.717, 1.165) is 0 Å². The van der Waals surface area contributed by atoms with Gasteiger partial charge in [0, 0.05) is 36.3 Å². The summed E-state index contributed by atoms with van der Waals surface area (Å²) in [5, 5.41) is 10.0. The number of carboxylic acids is 1. The van der Waals surface area contributed by atoms with Gasteiger partial charge in [-0.3, -0.25) is 4.79 Å². The van der Waals surface area contributed by atoms with Gasteiger partial charge in [0.25, 0.3) is 0 Å². The van der Waals surface area contributed by atoms with Crippen LogP contribution in [0.2, 0.25) is 0 Å². The number of aromatic nitrogens is 2. The molecule has 0 bridgehead atoms. The van der Waals surface area contributed by atoms with Crippen LogP contribution >= 0.6 is 0 Å². The fourth-order valence-electron chi connectivity index (χ4n) is 3.53. The van der Waals surface area contributed by atoms with Crippen molar-refractivity contribution < 1.29 is 14.3 Å². The molecule has 4 rings (SSSR count). The molecular formula is C20H21FN4O3. The maximum Gasteiger partial charge on any atom is 0.341 e. The van der Waals surface area contributed by atoms with E-state index < -0.39 is 22.8 Å². The zero-order chi connectivity index (χ0) is 20.4. The molecule has 146 valence electrons. The Labute approximate surface area is 160 Å². The van der Waals surface area contributed by atoms with Crippen LogP contribution in [-0.2, 0) is 5.54 Å². The molecule has 0 radical (unpaired) electrons. The third-order valence-corrected chi connectivity index (χ3v) is 5.04. The van der Waals surface area contributed by atoms with Crippen LogP contribution in [0.4, 0.5) is 10.1 Å². The quantitative estimate of drug-likeness (QED) is 0.658. The Bertz CT molecular complexity index is 1190. The molecule has 3 heterocycles. The highest BCUT2D eigenvalue weighted by atomic mass is 19.1. The van der Waals surface area contributed by atoms with E-state index >= 15 is 0 Å². The molecule has 0 unspecified atom stereocenters. The van der Waals surface area contributed by atoms with E-state index in [2.05, 4.69) is 4.98 Å². The first-order valence-corrected chi connectivity index (χ1v) is 9.00. The zero-order valence-electron chi connectivity index (χ0n) is 15.9. The molecule has 1 saturated heterocycles. The summed E-state index contributed by atoms with van der Waals surface area (Å²) < 4.78 is 16.3. The molecule has 1 aliphatic rings. The SMILES string of the molecule is CC(C)(C)n1cc(C(=O)O)c(=O)c2cc3cc(F)c(N4CC(N)C4)cc3nc21. The van der Waals surface area contributed by atoms with Crippen molar-refractivity contribution >= 4 is 33.6 Å². The summed E-state index contributed by atoms with van der Waals surface area (Å²) in [6.45, 7) is 6.83. The van der Waals surface area contributed by atoms with Crippen LogP contribution in [0.15, 0.2) is 29.2 Å². The molecule has 3 N–H and O–H groups in total. The monoisotopic (exact) mass is 384 g/mol. The number of hydrogen-bond donors (Lipinski definition) is 2. The number of halogens is 1. The third kappa shape index (κ3) is 2.80. The van der Waals surface area contributed by atoms with E-state index in [9.17, 15) is 19.1 Å². The predicted octanol–water partition coefficient (Wildman–Crippen LogP) is 2.29. The minimum Gasteiger partial charge on any atom is -0.477 e. The molecule has 8 heteroatoms. The Morgan fingerprint density at radius 1 is 1.29 bits per heavy atom. The van der Waals surface area contributed by atoms with Gasteiger partial charge in [-0.1, -0.05) is 0 Å². The molecule has 3 aromatic rings. The number of aromatic carboxylic acids is 1. The Morgan fingerprint density at radius 2 is 1.96 bits per heavy atom. The van der Waals surface area contributed by atoms with Gasteiger partial charge in [0.2, 0.25) is 5.43 Å². The predicted molar refractivity (Wildman–Crippen MR) is 106 cm³/mol. The van der Waals surface area contributed by atoms with Gasteiger partial charge in [-0.05, 0) is 39.0 Å². The maximum absolute atomic E-state index is 14.6. The number of nitrogens with zero attached hydrogens (tertiary/aromatic N) is 3. The maximum atomic E-state index is 14.6. The minimum absolute atomic E-state index is 0.0279. The normalized spacial score (nSPS) is 15.2. The van der Waals surface area contributed by atoms with E-state index in [1.165, 1.54) is 18.3 Å². The fraction of sp³-hybridized carbons (Fsp3) is 0.350. The van der Waals surface area contributed by atoms with E-state index in [-0.39, 0.29) is 17.0 Å². The van der Waals surface area contributed by atoms with Crippen LogP contribution in [0.3, 0.4) is 0 Å². The molecule has 1 fully saturated rings. The van der Waals surface area contributed by atoms with Crippen molar-refractivity contribution in [3.05, 3.63) is 46.0 Å². The first-order valence-electron chi connectivity index (χ1n) is 9.00. The molecule has 1 aliphatic heterocycles. The van der Waals surface area contributed by atoms with Crippen molar-refractivity contribution in [2.24, 2.45) is 5.73 Å². The van der Waals surface area contributed by atoms with Crippen molar-refractivity contribution in [3.8, 4) is 0 Å². The van der Waals surface area contributed by atoms with Crippen LogP contribution in [0.1, 0.15) is 31.1 Å². The summed E-state index contributed by atoms with van der Waals surface area (Å²) in [6, 6.07) is 4.53. The lowest BCUT2D eigenvalue weighted by Gasteiger charge is -2.39. The molecule has 0 aliphatic carbocycles. The van der Waals surface area contributed by atoms with Crippen molar-refractivity contribution in [1.29, 1.82) is 0 Å². The lowest BCUT2D eigenvalue weighted by molar-refractivity contribution is 0.0694. The zero-order valence-corrected chi connectivity index (χ0v) is 15.9. The molecule has 1 aromatic carbocycles. The summed E-state index contributed by atoms with van der Waals surface area (Å²) in [5.74, 6) is -1.73. The van der Waals surface area contributed by atoms with Crippen LogP contribution in [0, 0.1) is 5.82 Å². The van der Waals surface area contributed by atoms with E-state index in [0.29, 0.717) is 35.3 Å². The lowest BCUT2D eigenvalue weighted by atomic mass is 10.0. The first-order chi connectivity index (χ1) is 13.1. The summed E-state index contributed by atoms with van der Waals surface area (Å²) in [5.41, 5.74) is 5.65. The number of benzene rings is 1. The lowest BCUT2D eigenvalue weighted by Crippen LogP contribution is -2.56. The largest absolute Gasteiger partial charge is 0.477 e. The van der Waals surface area contributed by atoms with Gasteiger partial charge in [0.15, 0.2) is 0 Å². The second-order valence-electron chi connectivity index (χ2n) is 8.24. The minimum atomic E-state index is -1.30. The molecule has 28 heavy (non-hydrogen) atoms. The standard InChI is InChI=1S/C20H21FN4O3/c1-20(2,3)25-9-13(19(27)28)17(26)12-4-10-5-14(21)16(24-7-11(22)8-24)6-15(10)23-18(12)25/h4-6,9,11H,7-8,22H2,1-3H3,(H,27,28). The number of carbonyl (C=O) groups is 1. The Kier molecular flexibility index (Phi) is 3.94. The average molecular weight is 384 g/mol. The number of pyridine rings is 2. The Hall–Kier alpha value is -3.00. The second kappa shape index (κ2) is 6.00. The number of carboxylic acid groups (broad SMARTS) is 1. The van der Waals surface area contributed by atoms with Gasteiger partial charge >= 0.3 is 5.97 Å². The molecular weight excluding hydrogens is 363 g/mol. The molecule has 2 aromatic heterocycles. The molecule has 7 nitrogen and oxygen atoms in total. The highest BCUT2D eigenvalue weighted by Crippen LogP contribution is 2.30.